The van der Waals surface area contributed by atoms with Gasteiger partial charge < -0.3 is 14.8 Å². The van der Waals surface area contributed by atoms with Gasteiger partial charge in [0.2, 0.25) is 0 Å². The molecule has 0 aromatic heterocycles. The maximum absolute atomic E-state index is 11.8. The van der Waals surface area contributed by atoms with Crippen molar-refractivity contribution < 1.29 is 14.3 Å². The third-order valence-corrected chi connectivity index (χ3v) is 3.00. The number of ether oxygens (including phenoxy) is 2. The van der Waals surface area contributed by atoms with E-state index in [9.17, 15) is 4.79 Å². The van der Waals surface area contributed by atoms with Gasteiger partial charge >= 0.3 is 0 Å². The molecule has 0 saturated carbocycles. The Morgan fingerprint density at radius 1 is 1.56 bits per heavy atom. The Bertz CT molecular complexity index is 420. The third kappa shape index (κ3) is 2.26. The molecule has 86 valence electrons. The zero-order valence-corrected chi connectivity index (χ0v) is 10.5. The number of benzene rings is 1. The van der Waals surface area contributed by atoms with Gasteiger partial charge in [-0.3, -0.25) is 4.79 Å². The van der Waals surface area contributed by atoms with Crippen LogP contribution in [-0.4, -0.2) is 26.2 Å². The molecule has 1 N–H and O–H groups in total. The first-order valence-electron chi connectivity index (χ1n) is 4.93. The average Bonchev–Trinajstić information content (AvgIpc) is 2.28. The Morgan fingerprint density at radius 3 is 3.12 bits per heavy atom. The topological polar surface area (TPSA) is 47.6 Å². The number of rotatable bonds is 3. The van der Waals surface area contributed by atoms with Crippen LogP contribution >= 0.6 is 15.9 Å². The lowest BCUT2D eigenvalue weighted by Gasteiger charge is -2.19. The zero-order valence-electron chi connectivity index (χ0n) is 8.88. The van der Waals surface area contributed by atoms with Gasteiger partial charge in [0.25, 0.3) is 0 Å². The van der Waals surface area contributed by atoms with Crippen LogP contribution in [0.2, 0.25) is 0 Å². The summed E-state index contributed by atoms with van der Waals surface area (Å²) < 4.78 is 11.3. The lowest BCUT2D eigenvalue weighted by atomic mass is 10.1. The fraction of sp³-hybridized carbons (Fsp3) is 0.364. The second kappa shape index (κ2) is 4.95. The first-order valence-corrected chi connectivity index (χ1v) is 5.72. The first kappa shape index (κ1) is 11.6. The number of nitrogens with one attached hydrogen (secondary N) is 1. The second-order valence-corrected chi connectivity index (χ2v) is 4.36. The number of hydrogen-bond acceptors (Lipinski definition) is 4. The predicted molar refractivity (Wildman–Crippen MR) is 62.7 cm³/mol. The van der Waals surface area contributed by atoms with E-state index >= 15 is 0 Å². The molecule has 1 aliphatic heterocycles. The number of halogens is 1. The number of ketones is 1. The van der Waals surface area contributed by atoms with E-state index in [2.05, 4.69) is 21.2 Å². The number of carbonyl (C=O) groups excluding carboxylic acids is 1. The van der Waals surface area contributed by atoms with E-state index in [1.165, 1.54) is 0 Å². The van der Waals surface area contributed by atoms with E-state index in [1.807, 2.05) is 6.07 Å². The fourth-order valence-corrected chi connectivity index (χ4v) is 2.18. The largest absolute Gasteiger partial charge is 0.467 e. The van der Waals surface area contributed by atoms with Crippen molar-refractivity contribution in [3.63, 3.8) is 0 Å². The fourth-order valence-electron chi connectivity index (χ4n) is 1.57. The minimum absolute atomic E-state index is 0.0345. The maximum Gasteiger partial charge on any atom is 0.189 e. The highest BCUT2D eigenvalue weighted by atomic mass is 79.9. The molecule has 1 heterocycles. The summed E-state index contributed by atoms with van der Waals surface area (Å²) in [7, 11) is 1.74. The van der Waals surface area contributed by atoms with Crippen molar-refractivity contribution >= 4 is 21.7 Å². The van der Waals surface area contributed by atoms with Gasteiger partial charge in [-0.2, -0.15) is 0 Å². The minimum atomic E-state index is 0.0345. The molecular weight excluding hydrogens is 274 g/mol. The summed E-state index contributed by atoms with van der Waals surface area (Å²) in [5.41, 5.74) is 1.59. The molecule has 0 atom stereocenters. The molecule has 0 aliphatic carbocycles. The molecule has 4 nitrogen and oxygen atoms in total. The van der Waals surface area contributed by atoms with E-state index in [0.717, 1.165) is 15.8 Å². The molecular formula is C11H12BrNO3. The Hall–Kier alpha value is -0.910. The maximum atomic E-state index is 11.8. The highest BCUT2D eigenvalue weighted by Crippen LogP contribution is 2.30. The molecule has 0 unspecified atom stereocenters. The average molecular weight is 286 g/mol. The van der Waals surface area contributed by atoms with Gasteiger partial charge in [0.1, 0.15) is 5.75 Å². The molecule has 2 rings (SSSR count). The zero-order chi connectivity index (χ0) is 11.5. The monoisotopic (exact) mass is 285 g/mol. The number of hydrogen-bond donors (Lipinski definition) is 1. The molecule has 1 aromatic rings. The molecule has 1 aromatic carbocycles. The van der Waals surface area contributed by atoms with Crippen molar-refractivity contribution in [2.24, 2.45) is 0 Å². The van der Waals surface area contributed by atoms with Gasteiger partial charge in [-0.1, -0.05) is 15.9 Å². The van der Waals surface area contributed by atoms with Crippen LogP contribution in [0.1, 0.15) is 15.9 Å². The van der Waals surface area contributed by atoms with Crippen LogP contribution < -0.4 is 10.1 Å². The Morgan fingerprint density at radius 2 is 2.38 bits per heavy atom. The molecule has 0 bridgehead atoms. The molecule has 0 saturated heterocycles. The predicted octanol–water partition coefficient (Wildman–Crippen LogP) is 1.72. The molecule has 5 heteroatoms. The minimum Gasteiger partial charge on any atom is -0.467 e. The van der Waals surface area contributed by atoms with Gasteiger partial charge in [-0.05, 0) is 19.2 Å². The number of Topliss-reactive ketones (excluding diaryl/α,β-unsaturated/α-hetero) is 1. The van der Waals surface area contributed by atoms with Crippen molar-refractivity contribution in [1.29, 1.82) is 0 Å². The standard InChI is InChI=1S/C11H12BrNO3/c1-13-4-10(14)8-3-11-7(2-9(8)12)5-15-6-16-11/h2-3,13H,4-6H2,1H3. The SMILES string of the molecule is CNCC(=O)c1cc2c(cc1Br)COCO2. The number of carbonyl (C=O) groups is 1. The lowest BCUT2D eigenvalue weighted by Crippen LogP contribution is -2.20. The van der Waals surface area contributed by atoms with Crippen LogP contribution in [0.25, 0.3) is 0 Å². The van der Waals surface area contributed by atoms with Crippen LogP contribution in [0.3, 0.4) is 0 Å². The van der Waals surface area contributed by atoms with Crippen LogP contribution in [0, 0.1) is 0 Å². The molecule has 16 heavy (non-hydrogen) atoms. The summed E-state index contributed by atoms with van der Waals surface area (Å²) >= 11 is 3.39. The summed E-state index contributed by atoms with van der Waals surface area (Å²) in [6.45, 7) is 1.08. The lowest BCUT2D eigenvalue weighted by molar-refractivity contribution is -0.0164. The molecule has 0 fully saturated rings. The van der Waals surface area contributed by atoms with Crippen molar-refractivity contribution in [3.8, 4) is 5.75 Å². The summed E-state index contributed by atoms with van der Waals surface area (Å²) in [6.07, 6.45) is 0. The third-order valence-electron chi connectivity index (χ3n) is 2.34. The van der Waals surface area contributed by atoms with E-state index < -0.39 is 0 Å². The summed E-state index contributed by atoms with van der Waals surface area (Å²) in [5, 5.41) is 2.84. The Balaban J connectivity index is 2.35. The van der Waals surface area contributed by atoms with E-state index in [4.69, 9.17) is 9.47 Å². The van der Waals surface area contributed by atoms with Crippen molar-refractivity contribution in [2.75, 3.05) is 20.4 Å². The molecule has 0 amide bonds. The van der Waals surface area contributed by atoms with E-state index in [1.54, 1.807) is 13.1 Å². The van der Waals surface area contributed by atoms with Gasteiger partial charge in [0, 0.05) is 15.6 Å². The Labute approximate surface area is 102 Å². The summed E-state index contributed by atoms with van der Waals surface area (Å²) in [4.78, 5) is 11.8. The highest BCUT2D eigenvalue weighted by molar-refractivity contribution is 9.10. The van der Waals surface area contributed by atoms with Crippen LogP contribution in [0.15, 0.2) is 16.6 Å². The number of fused-ring (bicyclic) bond motifs is 1. The molecule has 0 radical (unpaired) electrons. The molecule has 1 aliphatic rings. The van der Waals surface area contributed by atoms with Crippen LogP contribution in [-0.2, 0) is 11.3 Å². The normalized spacial score (nSPS) is 14.1. The Kier molecular flexibility index (Phi) is 3.58. The highest BCUT2D eigenvalue weighted by Gasteiger charge is 2.17. The number of likely N-dealkylation sites (N-methyl/N-ethyl adjacent to an activating group) is 1. The molecule has 0 spiro atoms. The van der Waals surface area contributed by atoms with Crippen LogP contribution in [0.4, 0.5) is 0 Å². The summed E-state index contributed by atoms with van der Waals surface area (Å²) in [5.74, 6) is 0.765. The van der Waals surface area contributed by atoms with Gasteiger partial charge in [0.05, 0.1) is 13.2 Å². The first-order chi connectivity index (χ1) is 7.72. The van der Waals surface area contributed by atoms with Gasteiger partial charge in [0.15, 0.2) is 12.6 Å². The summed E-state index contributed by atoms with van der Waals surface area (Å²) in [6, 6.07) is 3.64. The van der Waals surface area contributed by atoms with Crippen molar-refractivity contribution in [2.45, 2.75) is 6.61 Å². The van der Waals surface area contributed by atoms with Gasteiger partial charge in [-0.15, -0.1) is 0 Å². The van der Waals surface area contributed by atoms with E-state index in [0.29, 0.717) is 18.7 Å². The quantitative estimate of drug-likeness (QED) is 0.859. The van der Waals surface area contributed by atoms with Crippen molar-refractivity contribution in [3.05, 3.63) is 27.7 Å². The smallest absolute Gasteiger partial charge is 0.189 e. The van der Waals surface area contributed by atoms with Gasteiger partial charge in [-0.25, -0.2) is 0 Å². The van der Waals surface area contributed by atoms with Crippen LogP contribution in [0.5, 0.6) is 5.75 Å². The second-order valence-electron chi connectivity index (χ2n) is 3.50. The van der Waals surface area contributed by atoms with Crippen molar-refractivity contribution in [1.82, 2.24) is 5.32 Å². The van der Waals surface area contributed by atoms with E-state index in [-0.39, 0.29) is 12.6 Å².